The number of hydrogen-bond acceptors (Lipinski definition) is 2. The number of hydrogen-bond donors (Lipinski definition) is 1. The Balaban J connectivity index is 3.12. The molecule has 11 heavy (non-hydrogen) atoms. The first-order valence-corrected chi connectivity index (χ1v) is 5.55. The Morgan fingerprint density at radius 1 is 1.73 bits per heavy atom. The SMILES string of the molecule is C[Se]c1ncccc1C(=O)O. The first-order chi connectivity index (χ1) is 5.25. The summed E-state index contributed by atoms with van der Waals surface area (Å²) >= 11 is 0.148. The second-order valence-electron chi connectivity index (χ2n) is 1.87. The van der Waals surface area contributed by atoms with Gasteiger partial charge in [0.2, 0.25) is 0 Å². The number of carboxylic acid groups (broad SMARTS) is 1. The van der Waals surface area contributed by atoms with E-state index >= 15 is 0 Å². The Bertz CT molecular complexity index is 275. The van der Waals surface area contributed by atoms with Crippen LogP contribution < -0.4 is 4.59 Å². The molecule has 0 saturated carbocycles. The van der Waals surface area contributed by atoms with Gasteiger partial charge in [-0.2, -0.15) is 0 Å². The van der Waals surface area contributed by atoms with Crippen LogP contribution in [0.2, 0.25) is 5.82 Å². The standard InChI is InChI=1S/C7H7NO2Se/c1-11-6-5(7(9)10)3-2-4-8-6/h2-4H,1H3,(H,9,10). The van der Waals surface area contributed by atoms with Crippen molar-refractivity contribution in [2.24, 2.45) is 0 Å². The fraction of sp³-hybridized carbons (Fsp3) is 0.143. The van der Waals surface area contributed by atoms with Gasteiger partial charge in [0.05, 0.1) is 0 Å². The van der Waals surface area contributed by atoms with E-state index in [1.54, 1.807) is 18.3 Å². The van der Waals surface area contributed by atoms with Crippen LogP contribution in [0, 0.1) is 0 Å². The average molecular weight is 216 g/mol. The zero-order valence-electron chi connectivity index (χ0n) is 5.94. The molecule has 1 heterocycles. The number of rotatable bonds is 2. The van der Waals surface area contributed by atoms with Gasteiger partial charge in [-0.05, 0) is 0 Å². The molecule has 0 spiro atoms. The molecule has 1 aromatic rings. The van der Waals surface area contributed by atoms with E-state index in [0.717, 1.165) is 0 Å². The normalized spacial score (nSPS) is 9.55. The summed E-state index contributed by atoms with van der Waals surface area (Å²) in [5, 5.41) is 8.67. The third-order valence-electron chi connectivity index (χ3n) is 1.19. The topological polar surface area (TPSA) is 50.2 Å². The van der Waals surface area contributed by atoms with Crippen LogP contribution in [0.3, 0.4) is 0 Å². The van der Waals surface area contributed by atoms with Crippen LogP contribution in [-0.2, 0) is 0 Å². The van der Waals surface area contributed by atoms with Gasteiger partial charge in [0, 0.05) is 0 Å². The zero-order valence-corrected chi connectivity index (χ0v) is 7.66. The predicted molar refractivity (Wildman–Crippen MR) is 42.4 cm³/mol. The summed E-state index contributed by atoms with van der Waals surface area (Å²) in [4.78, 5) is 14.5. The minimum absolute atomic E-state index is 0.148. The monoisotopic (exact) mass is 217 g/mol. The van der Waals surface area contributed by atoms with E-state index in [1.807, 2.05) is 5.82 Å². The molecule has 0 radical (unpaired) electrons. The van der Waals surface area contributed by atoms with Crippen LogP contribution in [0.1, 0.15) is 10.4 Å². The summed E-state index contributed by atoms with van der Waals surface area (Å²) in [5.74, 6) is 1.05. The Labute approximate surface area is 70.6 Å². The first-order valence-electron chi connectivity index (χ1n) is 2.98. The van der Waals surface area contributed by atoms with Crippen LogP contribution >= 0.6 is 0 Å². The molecule has 0 aliphatic heterocycles. The van der Waals surface area contributed by atoms with E-state index in [-0.39, 0.29) is 15.0 Å². The Hall–Kier alpha value is -0.861. The van der Waals surface area contributed by atoms with Crippen LogP contribution in [0.4, 0.5) is 0 Å². The van der Waals surface area contributed by atoms with E-state index in [4.69, 9.17) is 5.11 Å². The maximum absolute atomic E-state index is 10.6. The molecule has 0 aliphatic rings. The molecule has 0 fully saturated rings. The van der Waals surface area contributed by atoms with Gasteiger partial charge in [-0.3, -0.25) is 0 Å². The molecule has 1 rings (SSSR count). The van der Waals surface area contributed by atoms with Gasteiger partial charge in [-0.15, -0.1) is 0 Å². The fourth-order valence-corrected chi connectivity index (χ4v) is 1.85. The average Bonchev–Trinajstić information content (AvgIpc) is 2.04. The van der Waals surface area contributed by atoms with Crippen molar-refractivity contribution in [2.75, 3.05) is 0 Å². The molecule has 0 bridgehead atoms. The van der Waals surface area contributed by atoms with E-state index in [1.165, 1.54) is 0 Å². The molecule has 1 aromatic heterocycles. The molecule has 1 N–H and O–H groups in total. The van der Waals surface area contributed by atoms with Crippen LogP contribution in [-0.4, -0.2) is 31.0 Å². The Kier molecular flexibility index (Phi) is 2.63. The molecular weight excluding hydrogens is 209 g/mol. The van der Waals surface area contributed by atoms with Crippen molar-refractivity contribution in [1.82, 2.24) is 4.98 Å². The summed E-state index contributed by atoms with van der Waals surface area (Å²) in [7, 11) is 0. The minimum atomic E-state index is -0.892. The number of pyridine rings is 1. The maximum atomic E-state index is 10.6. The molecule has 3 nitrogen and oxygen atoms in total. The van der Waals surface area contributed by atoms with E-state index in [0.29, 0.717) is 10.2 Å². The second kappa shape index (κ2) is 3.51. The van der Waals surface area contributed by atoms with Crippen molar-refractivity contribution in [1.29, 1.82) is 0 Å². The molecular formula is C7H7NO2Se. The van der Waals surface area contributed by atoms with Crippen molar-refractivity contribution >= 4 is 25.5 Å². The van der Waals surface area contributed by atoms with Crippen molar-refractivity contribution < 1.29 is 9.90 Å². The summed E-state index contributed by atoms with van der Waals surface area (Å²) in [6.07, 6.45) is 1.62. The van der Waals surface area contributed by atoms with Gasteiger partial charge < -0.3 is 0 Å². The Morgan fingerprint density at radius 3 is 2.91 bits per heavy atom. The molecule has 0 saturated heterocycles. The molecule has 4 heteroatoms. The third-order valence-corrected chi connectivity index (χ3v) is 2.69. The predicted octanol–water partition coefficient (Wildman–Crippen LogP) is 0.157. The number of nitrogens with zero attached hydrogens (tertiary/aromatic N) is 1. The third kappa shape index (κ3) is 1.79. The number of aromatic nitrogens is 1. The number of aromatic carboxylic acids is 1. The molecule has 0 aromatic carbocycles. The van der Waals surface area contributed by atoms with Crippen molar-refractivity contribution in [2.45, 2.75) is 5.82 Å². The van der Waals surface area contributed by atoms with Crippen LogP contribution in [0.5, 0.6) is 0 Å². The quantitative estimate of drug-likeness (QED) is 0.716. The van der Waals surface area contributed by atoms with Gasteiger partial charge in [-0.25, -0.2) is 0 Å². The molecule has 0 unspecified atom stereocenters. The number of carbonyl (C=O) groups is 1. The molecule has 0 atom stereocenters. The van der Waals surface area contributed by atoms with Crippen LogP contribution in [0.25, 0.3) is 0 Å². The van der Waals surface area contributed by atoms with Gasteiger partial charge in [0.1, 0.15) is 0 Å². The zero-order chi connectivity index (χ0) is 8.27. The Morgan fingerprint density at radius 2 is 2.45 bits per heavy atom. The molecule has 0 aliphatic carbocycles. The van der Waals surface area contributed by atoms with Crippen molar-refractivity contribution in [3.8, 4) is 0 Å². The first kappa shape index (κ1) is 8.24. The summed E-state index contributed by atoms with van der Waals surface area (Å²) in [5.41, 5.74) is 0.329. The summed E-state index contributed by atoms with van der Waals surface area (Å²) in [6.45, 7) is 0. The molecule has 0 amide bonds. The summed E-state index contributed by atoms with van der Waals surface area (Å²) < 4.78 is 0.701. The van der Waals surface area contributed by atoms with Crippen LogP contribution in [0.15, 0.2) is 18.3 Å². The molecule has 58 valence electrons. The number of carboxylic acids is 1. The van der Waals surface area contributed by atoms with Crippen molar-refractivity contribution in [3.63, 3.8) is 0 Å². The van der Waals surface area contributed by atoms with Crippen molar-refractivity contribution in [3.05, 3.63) is 23.9 Å². The van der Waals surface area contributed by atoms with Gasteiger partial charge in [0.25, 0.3) is 0 Å². The van der Waals surface area contributed by atoms with E-state index < -0.39 is 5.97 Å². The van der Waals surface area contributed by atoms with Gasteiger partial charge >= 0.3 is 70.1 Å². The fourth-order valence-electron chi connectivity index (χ4n) is 0.716. The second-order valence-corrected chi connectivity index (χ2v) is 3.53. The van der Waals surface area contributed by atoms with Gasteiger partial charge in [0.15, 0.2) is 0 Å². The van der Waals surface area contributed by atoms with E-state index in [9.17, 15) is 4.79 Å². The van der Waals surface area contributed by atoms with Gasteiger partial charge in [-0.1, -0.05) is 0 Å². The summed E-state index contributed by atoms with van der Waals surface area (Å²) in [6, 6.07) is 3.22. The van der Waals surface area contributed by atoms with E-state index in [2.05, 4.69) is 4.98 Å².